The van der Waals surface area contributed by atoms with Gasteiger partial charge < -0.3 is 15.4 Å². The minimum Gasteiger partial charge on any atom is -0.399 e. The van der Waals surface area contributed by atoms with Gasteiger partial charge in [-0.25, -0.2) is 0 Å². The lowest BCUT2D eigenvalue weighted by atomic mass is 10.0. The van der Waals surface area contributed by atoms with Gasteiger partial charge >= 0.3 is 0 Å². The number of morpholine rings is 1. The molecule has 1 aliphatic heterocycles. The molecular formula is C12H16N2O2. The van der Waals surface area contributed by atoms with Crippen LogP contribution in [0.2, 0.25) is 0 Å². The predicted molar refractivity (Wildman–Crippen MR) is 61.9 cm³/mol. The molecule has 86 valence electrons. The normalized spacial score (nSPS) is 21.2. The molecule has 0 spiro atoms. The van der Waals surface area contributed by atoms with Gasteiger partial charge in [0.25, 0.3) is 0 Å². The number of benzene rings is 1. The highest BCUT2D eigenvalue weighted by Gasteiger charge is 2.25. The monoisotopic (exact) mass is 220 g/mol. The van der Waals surface area contributed by atoms with Crippen LogP contribution in [0.5, 0.6) is 0 Å². The largest absolute Gasteiger partial charge is 0.399 e. The van der Waals surface area contributed by atoms with Crippen LogP contribution in [0.3, 0.4) is 0 Å². The van der Waals surface area contributed by atoms with Gasteiger partial charge in [0, 0.05) is 12.7 Å². The first-order chi connectivity index (χ1) is 7.66. The van der Waals surface area contributed by atoms with E-state index >= 15 is 0 Å². The zero-order chi connectivity index (χ0) is 11.5. The molecule has 0 bridgehead atoms. The zero-order valence-electron chi connectivity index (χ0n) is 9.35. The van der Waals surface area contributed by atoms with Gasteiger partial charge in [-0.1, -0.05) is 12.1 Å². The summed E-state index contributed by atoms with van der Waals surface area (Å²) >= 11 is 0. The lowest BCUT2D eigenvalue weighted by Crippen LogP contribution is -2.47. The Labute approximate surface area is 95.0 Å². The van der Waals surface area contributed by atoms with Crippen molar-refractivity contribution in [3.8, 4) is 0 Å². The predicted octanol–water partition coefficient (Wildman–Crippen LogP) is 0.668. The van der Waals surface area contributed by atoms with Crippen LogP contribution >= 0.6 is 0 Å². The van der Waals surface area contributed by atoms with Crippen LogP contribution in [-0.4, -0.2) is 37.1 Å². The fraction of sp³-hybridized carbons (Fsp3) is 0.417. The number of nitrogen functional groups attached to an aromatic ring is 1. The maximum Gasteiger partial charge on any atom is 0.248 e. The number of likely N-dealkylation sites (N-methyl/N-ethyl adjacent to an activating group) is 1. The fourth-order valence-corrected chi connectivity index (χ4v) is 1.82. The summed E-state index contributed by atoms with van der Waals surface area (Å²) in [6.45, 7) is 0.807. The van der Waals surface area contributed by atoms with E-state index in [-0.39, 0.29) is 18.6 Å². The van der Waals surface area contributed by atoms with Crippen LogP contribution in [0.1, 0.15) is 5.56 Å². The Morgan fingerprint density at radius 1 is 1.44 bits per heavy atom. The van der Waals surface area contributed by atoms with E-state index in [0.717, 1.165) is 12.1 Å². The molecule has 4 heteroatoms. The first-order valence-corrected chi connectivity index (χ1v) is 5.34. The van der Waals surface area contributed by atoms with Crippen molar-refractivity contribution in [2.45, 2.75) is 12.5 Å². The molecule has 0 saturated carbocycles. The fourth-order valence-electron chi connectivity index (χ4n) is 1.82. The highest BCUT2D eigenvalue weighted by Crippen LogP contribution is 2.13. The molecule has 16 heavy (non-hydrogen) atoms. The van der Waals surface area contributed by atoms with Gasteiger partial charge in [-0.2, -0.15) is 0 Å². The number of carbonyl (C=O) groups excluding carboxylic acids is 1. The van der Waals surface area contributed by atoms with Crippen molar-refractivity contribution in [2.24, 2.45) is 0 Å². The number of nitrogens with zero attached hydrogens (tertiary/aromatic N) is 1. The van der Waals surface area contributed by atoms with Crippen molar-refractivity contribution < 1.29 is 9.53 Å². The van der Waals surface area contributed by atoms with Crippen LogP contribution in [0, 0.1) is 0 Å². The Hall–Kier alpha value is -1.55. The standard InChI is InChI=1S/C12H16N2O2/c1-14-11(7-16-8-12(14)15)6-9-2-4-10(13)5-3-9/h2-5,11H,6-8,13H2,1H3. The van der Waals surface area contributed by atoms with E-state index in [0.29, 0.717) is 6.61 Å². The molecule has 2 rings (SSSR count). The molecule has 2 N–H and O–H groups in total. The number of anilines is 1. The van der Waals surface area contributed by atoms with E-state index in [1.54, 1.807) is 4.90 Å². The Bertz CT molecular complexity index is 375. The molecule has 4 nitrogen and oxygen atoms in total. The first-order valence-electron chi connectivity index (χ1n) is 5.34. The number of hydrogen-bond acceptors (Lipinski definition) is 3. The van der Waals surface area contributed by atoms with E-state index in [4.69, 9.17) is 10.5 Å². The van der Waals surface area contributed by atoms with E-state index in [2.05, 4.69) is 0 Å². The highest BCUT2D eigenvalue weighted by molar-refractivity contribution is 5.78. The van der Waals surface area contributed by atoms with E-state index in [9.17, 15) is 4.79 Å². The summed E-state index contributed by atoms with van der Waals surface area (Å²) in [6.07, 6.45) is 0.808. The second kappa shape index (κ2) is 4.53. The van der Waals surface area contributed by atoms with Crippen molar-refractivity contribution in [3.05, 3.63) is 29.8 Å². The lowest BCUT2D eigenvalue weighted by Gasteiger charge is -2.32. The van der Waals surface area contributed by atoms with Gasteiger partial charge in [-0.05, 0) is 24.1 Å². The quantitative estimate of drug-likeness (QED) is 0.745. The number of ether oxygens (including phenoxy) is 1. The topological polar surface area (TPSA) is 55.6 Å². The molecule has 1 heterocycles. The average molecular weight is 220 g/mol. The van der Waals surface area contributed by atoms with Crippen molar-refractivity contribution in [3.63, 3.8) is 0 Å². The molecule has 1 aromatic rings. The van der Waals surface area contributed by atoms with Crippen LogP contribution in [0.4, 0.5) is 5.69 Å². The number of carbonyl (C=O) groups is 1. The maximum atomic E-state index is 11.4. The molecule has 0 aliphatic carbocycles. The second-order valence-corrected chi connectivity index (χ2v) is 4.12. The summed E-state index contributed by atoms with van der Waals surface area (Å²) in [5, 5.41) is 0. The zero-order valence-corrected chi connectivity index (χ0v) is 9.35. The summed E-state index contributed by atoms with van der Waals surface area (Å²) in [5.74, 6) is 0.0479. The summed E-state index contributed by atoms with van der Waals surface area (Å²) in [7, 11) is 1.83. The second-order valence-electron chi connectivity index (χ2n) is 4.12. The van der Waals surface area contributed by atoms with Gasteiger partial charge in [0.15, 0.2) is 0 Å². The van der Waals surface area contributed by atoms with E-state index < -0.39 is 0 Å². The molecule has 0 radical (unpaired) electrons. The average Bonchev–Trinajstić information content (AvgIpc) is 2.28. The molecule has 1 amide bonds. The Morgan fingerprint density at radius 2 is 2.12 bits per heavy atom. The number of rotatable bonds is 2. The molecule has 1 unspecified atom stereocenters. The van der Waals surface area contributed by atoms with E-state index in [1.807, 2.05) is 31.3 Å². The molecule has 0 aromatic heterocycles. The van der Waals surface area contributed by atoms with Crippen LogP contribution < -0.4 is 5.73 Å². The Balaban J connectivity index is 2.03. The van der Waals surface area contributed by atoms with Gasteiger partial charge in [0.2, 0.25) is 5.91 Å². The van der Waals surface area contributed by atoms with Crippen LogP contribution in [0.15, 0.2) is 24.3 Å². The summed E-state index contributed by atoms with van der Waals surface area (Å²) < 4.78 is 5.24. The van der Waals surface area contributed by atoms with Crippen molar-refractivity contribution in [1.29, 1.82) is 0 Å². The van der Waals surface area contributed by atoms with Crippen molar-refractivity contribution >= 4 is 11.6 Å². The van der Waals surface area contributed by atoms with Gasteiger partial charge in [-0.3, -0.25) is 4.79 Å². The summed E-state index contributed by atoms with van der Waals surface area (Å²) in [4.78, 5) is 13.2. The molecular weight excluding hydrogens is 204 g/mol. The third kappa shape index (κ3) is 2.33. The Kier molecular flexibility index (Phi) is 3.10. The summed E-state index contributed by atoms with van der Waals surface area (Å²) in [5.41, 5.74) is 7.55. The molecule has 1 fully saturated rings. The van der Waals surface area contributed by atoms with Gasteiger partial charge in [0.1, 0.15) is 6.61 Å². The number of hydrogen-bond donors (Lipinski definition) is 1. The summed E-state index contributed by atoms with van der Waals surface area (Å²) in [6, 6.07) is 7.86. The van der Waals surface area contributed by atoms with Gasteiger partial charge in [0.05, 0.1) is 12.6 Å². The Morgan fingerprint density at radius 3 is 2.81 bits per heavy atom. The minimum absolute atomic E-state index is 0.0479. The SMILES string of the molecule is CN1C(=O)COCC1Cc1ccc(N)cc1. The van der Waals surface area contributed by atoms with E-state index in [1.165, 1.54) is 5.56 Å². The molecule has 1 aromatic carbocycles. The minimum atomic E-state index is 0.0479. The molecule has 1 saturated heterocycles. The molecule has 1 aliphatic rings. The maximum absolute atomic E-state index is 11.4. The number of amides is 1. The lowest BCUT2D eigenvalue weighted by molar-refractivity contribution is -0.145. The van der Waals surface area contributed by atoms with Gasteiger partial charge in [-0.15, -0.1) is 0 Å². The van der Waals surface area contributed by atoms with Crippen molar-refractivity contribution in [2.75, 3.05) is 26.0 Å². The smallest absolute Gasteiger partial charge is 0.248 e. The highest BCUT2D eigenvalue weighted by atomic mass is 16.5. The van der Waals surface area contributed by atoms with Crippen LogP contribution in [0.25, 0.3) is 0 Å². The van der Waals surface area contributed by atoms with Crippen molar-refractivity contribution in [1.82, 2.24) is 4.90 Å². The third-order valence-electron chi connectivity index (χ3n) is 2.93. The number of nitrogens with two attached hydrogens (primary N) is 1. The van der Waals surface area contributed by atoms with Crippen LogP contribution in [-0.2, 0) is 16.0 Å². The first kappa shape index (κ1) is 11.0. The molecule has 1 atom stereocenters. The third-order valence-corrected chi connectivity index (χ3v) is 2.93.